The van der Waals surface area contributed by atoms with Crippen LogP contribution in [0.15, 0.2) is 46.5 Å². The molecule has 0 aliphatic heterocycles. The molecular weight excluding hydrogens is 361 g/mol. The van der Waals surface area contributed by atoms with Crippen molar-refractivity contribution in [1.29, 1.82) is 0 Å². The summed E-state index contributed by atoms with van der Waals surface area (Å²) in [6.45, 7) is 8.22. The van der Waals surface area contributed by atoms with Crippen LogP contribution in [-0.2, 0) is 0 Å². The highest BCUT2D eigenvalue weighted by Gasteiger charge is 2.12. The number of pyridine rings is 1. The standard InChI is InChI=1S/C17H21ClN3OPS/c1-11(2)20-17(22)21-14-7-6-13(9-15(14)23(3)4)24-16-8-5-12(18)10-19-16/h5-11H,1-4H3,(H2,20,21,22). The van der Waals surface area contributed by atoms with Crippen molar-refractivity contribution in [3.05, 3.63) is 41.6 Å². The Kier molecular flexibility index (Phi) is 6.90. The van der Waals surface area contributed by atoms with E-state index in [9.17, 15) is 4.79 Å². The summed E-state index contributed by atoms with van der Waals surface area (Å²) in [5.41, 5.74) is 0.859. The molecule has 0 fully saturated rings. The second-order valence-corrected chi connectivity index (χ2v) is 9.54. The minimum atomic E-state index is -0.361. The molecule has 128 valence electrons. The van der Waals surface area contributed by atoms with Crippen LogP contribution in [0, 0.1) is 0 Å². The van der Waals surface area contributed by atoms with Crippen LogP contribution >= 0.6 is 31.3 Å². The molecule has 7 heteroatoms. The summed E-state index contributed by atoms with van der Waals surface area (Å²) >= 11 is 7.45. The molecule has 0 saturated heterocycles. The zero-order valence-corrected chi connectivity index (χ0v) is 16.6. The Hall–Kier alpha value is -1.29. The molecule has 0 aliphatic carbocycles. The molecule has 2 rings (SSSR count). The normalized spacial score (nSPS) is 11.0. The molecule has 2 amide bonds. The Balaban J connectivity index is 2.19. The van der Waals surface area contributed by atoms with Crippen LogP contribution < -0.4 is 15.9 Å². The van der Waals surface area contributed by atoms with Crippen LogP contribution in [0.3, 0.4) is 0 Å². The average molecular weight is 382 g/mol. The molecule has 0 spiro atoms. The second kappa shape index (κ2) is 8.70. The van der Waals surface area contributed by atoms with E-state index in [4.69, 9.17) is 11.6 Å². The smallest absolute Gasteiger partial charge is 0.319 e. The van der Waals surface area contributed by atoms with Gasteiger partial charge >= 0.3 is 6.03 Å². The van der Waals surface area contributed by atoms with Crippen molar-refractivity contribution in [2.45, 2.75) is 29.8 Å². The molecule has 4 nitrogen and oxygen atoms in total. The zero-order chi connectivity index (χ0) is 17.7. The van der Waals surface area contributed by atoms with Crippen molar-refractivity contribution in [3.8, 4) is 0 Å². The summed E-state index contributed by atoms with van der Waals surface area (Å²) in [4.78, 5) is 17.4. The number of carbonyl (C=O) groups is 1. The highest BCUT2D eigenvalue weighted by molar-refractivity contribution is 7.99. The van der Waals surface area contributed by atoms with Gasteiger partial charge in [0.15, 0.2) is 0 Å². The molecule has 2 N–H and O–H groups in total. The van der Waals surface area contributed by atoms with E-state index in [0.717, 1.165) is 20.9 Å². The van der Waals surface area contributed by atoms with Gasteiger partial charge in [0.1, 0.15) is 5.03 Å². The summed E-state index contributed by atoms with van der Waals surface area (Å²) in [7, 11) is -0.361. The topological polar surface area (TPSA) is 54.0 Å². The Labute approximate surface area is 153 Å². The molecule has 1 aromatic carbocycles. The van der Waals surface area contributed by atoms with E-state index >= 15 is 0 Å². The van der Waals surface area contributed by atoms with E-state index < -0.39 is 0 Å². The van der Waals surface area contributed by atoms with E-state index in [1.165, 1.54) is 0 Å². The number of halogens is 1. The fourth-order valence-corrected chi connectivity index (χ4v) is 4.02. The summed E-state index contributed by atoms with van der Waals surface area (Å²) in [6, 6.07) is 9.72. The number of aromatic nitrogens is 1. The van der Waals surface area contributed by atoms with E-state index in [1.807, 2.05) is 38.1 Å². The van der Waals surface area contributed by atoms with E-state index in [-0.39, 0.29) is 20.0 Å². The lowest BCUT2D eigenvalue weighted by molar-refractivity contribution is 0.250. The van der Waals surface area contributed by atoms with Crippen LogP contribution in [0.5, 0.6) is 0 Å². The van der Waals surface area contributed by atoms with Crippen molar-refractivity contribution in [1.82, 2.24) is 10.3 Å². The average Bonchev–Trinajstić information content (AvgIpc) is 2.50. The molecular formula is C17H21ClN3OPS. The number of nitrogens with zero attached hydrogens (tertiary/aromatic N) is 1. The van der Waals surface area contributed by atoms with Gasteiger partial charge in [-0.25, -0.2) is 9.78 Å². The number of hydrogen-bond donors (Lipinski definition) is 2. The highest BCUT2D eigenvalue weighted by Crippen LogP contribution is 2.33. The van der Waals surface area contributed by atoms with Crippen molar-refractivity contribution < 1.29 is 4.79 Å². The third kappa shape index (κ3) is 5.66. The Morgan fingerprint density at radius 3 is 2.58 bits per heavy atom. The first-order chi connectivity index (χ1) is 11.3. The monoisotopic (exact) mass is 381 g/mol. The van der Waals surface area contributed by atoms with Crippen LogP contribution in [0.4, 0.5) is 10.5 Å². The molecule has 0 atom stereocenters. The third-order valence-electron chi connectivity index (χ3n) is 3.04. The van der Waals surface area contributed by atoms with E-state index in [0.29, 0.717) is 5.02 Å². The van der Waals surface area contributed by atoms with Gasteiger partial charge in [-0.2, -0.15) is 0 Å². The molecule has 0 unspecified atom stereocenters. The predicted molar refractivity (Wildman–Crippen MR) is 106 cm³/mol. The maximum absolute atomic E-state index is 12.0. The summed E-state index contributed by atoms with van der Waals surface area (Å²) in [6.07, 6.45) is 1.64. The first kappa shape index (κ1) is 19.0. The molecule has 1 heterocycles. The van der Waals surface area contributed by atoms with Gasteiger partial charge in [-0.15, -0.1) is 0 Å². The van der Waals surface area contributed by atoms with Gasteiger partial charge in [0, 0.05) is 22.4 Å². The van der Waals surface area contributed by atoms with Crippen molar-refractivity contribution in [2.75, 3.05) is 18.6 Å². The Bertz CT molecular complexity index is 707. The van der Waals surface area contributed by atoms with Crippen LogP contribution in [-0.4, -0.2) is 30.4 Å². The second-order valence-electron chi connectivity index (χ2n) is 5.74. The van der Waals surface area contributed by atoms with E-state index in [1.54, 1.807) is 18.0 Å². The Morgan fingerprint density at radius 1 is 1.25 bits per heavy atom. The van der Waals surface area contributed by atoms with Gasteiger partial charge in [0.2, 0.25) is 0 Å². The van der Waals surface area contributed by atoms with Crippen molar-refractivity contribution >= 4 is 48.3 Å². The quantitative estimate of drug-likeness (QED) is 0.732. The minimum absolute atomic E-state index is 0.101. The first-order valence-electron chi connectivity index (χ1n) is 7.53. The predicted octanol–water partition coefficient (Wildman–Crippen LogP) is 4.78. The number of amides is 2. The zero-order valence-electron chi connectivity index (χ0n) is 14.1. The molecule has 24 heavy (non-hydrogen) atoms. The van der Waals surface area contributed by atoms with Gasteiger partial charge < -0.3 is 10.6 Å². The number of urea groups is 1. The highest BCUT2D eigenvalue weighted by atomic mass is 35.5. The summed E-state index contributed by atoms with van der Waals surface area (Å²) in [5, 5.41) is 8.46. The maximum atomic E-state index is 12.0. The maximum Gasteiger partial charge on any atom is 0.319 e. The molecule has 0 bridgehead atoms. The Morgan fingerprint density at radius 2 is 2.00 bits per heavy atom. The number of anilines is 1. The molecule has 0 aliphatic rings. The lowest BCUT2D eigenvalue weighted by atomic mass is 10.3. The number of hydrogen-bond acceptors (Lipinski definition) is 3. The van der Waals surface area contributed by atoms with Crippen molar-refractivity contribution in [3.63, 3.8) is 0 Å². The largest absolute Gasteiger partial charge is 0.336 e. The van der Waals surface area contributed by atoms with Gasteiger partial charge in [-0.3, -0.25) is 0 Å². The number of carbonyl (C=O) groups excluding carboxylic acids is 1. The fourth-order valence-electron chi connectivity index (χ4n) is 2.01. The van der Waals surface area contributed by atoms with Gasteiger partial charge in [-0.05, 0) is 57.5 Å². The van der Waals surface area contributed by atoms with Crippen LogP contribution in [0.2, 0.25) is 5.02 Å². The SMILES string of the molecule is CC(C)NC(=O)Nc1ccc(Sc2ccc(Cl)cn2)cc1P(C)C. The first-order valence-corrected chi connectivity index (χ1v) is 11.0. The number of nitrogens with one attached hydrogen (secondary N) is 2. The van der Waals surface area contributed by atoms with Crippen LogP contribution in [0.25, 0.3) is 0 Å². The number of rotatable bonds is 5. The van der Waals surface area contributed by atoms with Crippen molar-refractivity contribution in [2.24, 2.45) is 0 Å². The summed E-state index contributed by atoms with van der Waals surface area (Å²) in [5.74, 6) is 0. The molecule has 1 aromatic heterocycles. The molecule has 0 radical (unpaired) electrons. The lowest BCUT2D eigenvalue weighted by Gasteiger charge is -2.17. The van der Waals surface area contributed by atoms with Gasteiger partial charge in [0.25, 0.3) is 0 Å². The van der Waals surface area contributed by atoms with Crippen LogP contribution in [0.1, 0.15) is 13.8 Å². The lowest BCUT2D eigenvalue weighted by Crippen LogP contribution is -2.35. The van der Waals surface area contributed by atoms with Gasteiger partial charge in [-0.1, -0.05) is 31.3 Å². The number of benzene rings is 1. The molecule has 0 saturated carbocycles. The minimum Gasteiger partial charge on any atom is -0.336 e. The van der Waals surface area contributed by atoms with Gasteiger partial charge in [0.05, 0.1) is 10.7 Å². The summed E-state index contributed by atoms with van der Waals surface area (Å²) < 4.78 is 0. The molecule has 2 aromatic rings. The third-order valence-corrected chi connectivity index (χ3v) is 5.54. The fraction of sp³-hybridized carbons (Fsp3) is 0.294. The van der Waals surface area contributed by atoms with E-state index in [2.05, 4.69) is 35.0 Å².